The van der Waals surface area contributed by atoms with E-state index in [1.165, 1.54) is 18.2 Å². The molecule has 0 saturated heterocycles. The van der Waals surface area contributed by atoms with Crippen LogP contribution in [0.4, 0.5) is 10.1 Å². The zero-order chi connectivity index (χ0) is 16.2. The molecule has 0 fully saturated rings. The number of carbonyl (C=O) groups is 1. The lowest BCUT2D eigenvalue weighted by molar-refractivity contribution is -0.116. The average molecular weight is 305 g/mol. The van der Waals surface area contributed by atoms with Crippen LogP contribution in [0.25, 0.3) is 10.9 Å². The molecule has 1 amide bonds. The van der Waals surface area contributed by atoms with Crippen molar-refractivity contribution in [1.29, 1.82) is 5.26 Å². The van der Waals surface area contributed by atoms with Crippen LogP contribution >= 0.6 is 0 Å². The molecule has 3 rings (SSSR count). The molecule has 3 aromatic rings. The number of para-hydroxylation sites is 2. The van der Waals surface area contributed by atoms with Gasteiger partial charge in [-0.15, -0.1) is 0 Å². The maximum Gasteiger partial charge on any atom is 0.247 e. The molecule has 0 spiro atoms. The Kier molecular flexibility index (Phi) is 3.98. The molecule has 112 valence electrons. The third kappa shape index (κ3) is 3.01. The average Bonchev–Trinajstić information content (AvgIpc) is 2.57. The van der Waals surface area contributed by atoms with Crippen molar-refractivity contribution in [3.8, 4) is 6.07 Å². The van der Waals surface area contributed by atoms with Crippen LogP contribution in [0.3, 0.4) is 0 Å². The van der Waals surface area contributed by atoms with Crippen LogP contribution in [0, 0.1) is 17.1 Å². The van der Waals surface area contributed by atoms with Crippen LogP contribution in [0.1, 0.15) is 11.6 Å². The third-order valence-electron chi connectivity index (χ3n) is 3.44. The maximum absolute atomic E-state index is 13.6. The summed E-state index contributed by atoms with van der Waals surface area (Å²) in [6.07, 6.45) is 0. The molecule has 23 heavy (non-hydrogen) atoms. The minimum absolute atomic E-state index is 0.0403. The van der Waals surface area contributed by atoms with Crippen LogP contribution < -0.4 is 5.32 Å². The van der Waals surface area contributed by atoms with Gasteiger partial charge in [0.25, 0.3) is 0 Å². The standard InChI is InChI=1S/C18H12FN3O/c19-14-6-2-4-8-17(14)22-18(23)13(11-20)16-10-9-12-5-1-3-7-15(12)21-16/h1-10,13H,(H,22,23)/t13-/m1/s1. The highest BCUT2D eigenvalue weighted by molar-refractivity contribution is 5.97. The number of carbonyl (C=O) groups excluding carboxylic acids is 1. The molecule has 0 radical (unpaired) electrons. The smallest absolute Gasteiger partial charge is 0.247 e. The second-order valence-electron chi connectivity index (χ2n) is 4.96. The first-order valence-corrected chi connectivity index (χ1v) is 7.00. The highest BCUT2D eigenvalue weighted by atomic mass is 19.1. The molecule has 1 aromatic heterocycles. The van der Waals surface area contributed by atoms with Crippen LogP contribution in [-0.4, -0.2) is 10.9 Å². The summed E-state index contributed by atoms with van der Waals surface area (Å²) in [4.78, 5) is 16.6. The molecular weight excluding hydrogens is 293 g/mol. The second-order valence-corrected chi connectivity index (χ2v) is 4.96. The molecule has 0 aliphatic rings. The zero-order valence-electron chi connectivity index (χ0n) is 12.0. The number of pyridine rings is 1. The minimum atomic E-state index is -1.11. The fourth-order valence-corrected chi connectivity index (χ4v) is 2.27. The molecule has 0 saturated carbocycles. The predicted molar refractivity (Wildman–Crippen MR) is 85.1 cm³/mol. The Morgan fingerprint density at radius 1 is 1.09 bits per heavy atom. The number of nitrogens with one attached hydrogen (secondary N) is 1. The Morgan fingerprint density at radius 3 is 2.61 bits per heavy atom. The van der Waals surface area contributed by atoms with E-state index in [0.717, 1.165) is 5.39 Å². The summed E-state index contributed by atoms with van der Waals surface area (Å²) in [5.74, 6) is -2.27. The lowest BCUT2D eigenvalue weighted by Gasteiger charge is -2.11. The van der Waals surface area contributed by atoms with Crippen molar-refractivity contribution in [3.63, 3.8) is 0 Å². The number of benzene rings is 2. The summed E-state index contributed by atoms with van der Waals surface area (Å²) in [5.41, 5.74) is 1.07. The van der Waals surface area contributed by atoms with Gasteiger partial charge in [0.2, 0.25) is 5.91 Å². The van der Waals surface area contributed by atoms with Gasteiger partial charge in [-0.05, 0) is 24.3 Å². The topological polar surface area (TPSA) is 65.8 Å². The number of amides is 1. The number of hydrogen-bond acceptors (Lipinski definition) is 3. The highest BCUT2D eigenvalue weighted by Gasteiger charge is 2.22. The minimum Gasteiger partial charge on any atom is -0.322 e. The lowest BCUT2D eigenvalue weighted by Crippen LogP contribution is -2.21. The number of rotatable bonds is 3. The van der Waals surface area contributed by atoms with Crippen LogP contribution in [0.15, 0.2) is 60.7 Å². The Morgan fingerprint density at radius 2 is 1.83 bits per heavy atom. The molecule has 4 nitrogen and oxygen atoms in total. The summed E-state index contributed by atoms with van der Waals surface area (Å²) in [6, 6.07) is 18.6. The molecule has 2 aromatic carbocycles. The van der Waals surface area contributed by atoms with E-state index in [0.29, 0.717) is 11.2 Å². The maximum atomic E-state index is 13.6. The summed E-state index contributed by atoms with van der Waals surface area (Å²) in [7, 11) is 0. The molecule has 5 heteroatoms. The van der Waals surface area contributed by atoms with E-state index in [4.69, 9.17) is 0 Å². The van der Waals surface area contributed by atoms with Crippen molar-refractivity contribution >= 4 is 22.5 Å². The first-order chi connectivity index (χ1) is 11.2. The quantitative estimate of drug-likeness (QED) is 0.803. The molecule has 1 heterocycles. The summed E-state index contributed by atoms with van der Waals surface area (Å²) >= 11 is 0. The van der Waals surface area contributed by atoms with Crippen molar-refractivity contribution in [2.75, 3.05) is 5.32 Å². The SMILES string of the molecule is N#C[C@@H](C(=O)Nc1ccccc1F)c1ccc2ccccc2n1. The van der Waals surface area contributed by atoms with Gasteiger partial charge in [0.15, 0.2) is 5.92 Å². The fourth-order valence-electron chi connectivity index (χ4n) is 2.27. The van der Waals surface area contributed by atoms with Crippen molar-refractivity contribution in [2.45, 2.75) is 5.92 Å². The Balaban J connectivity index is 1.90. The normalized spacial score (nSPS) is 11.7. The van der Waals surface area contributed by atoms with Crippen molar-refractivity contribution < 1.29 is 9.18 Å². The van der Waals surface area contributed by atoms with Crippen molar-refractivity contribution in [3.05, 3.63) is 72.2 Å². The number of nitriles is 1. The number of halogens is 1. The largest absolute Gasteiger partial charge is 0.322 e. The number of hydrogen-bond donors (Lipinski definition) is 1. The summed E-state index contributed by atoms with van der Waals surface area (Å²) in [5, 5.41) is 12.7. The van der Waals surface area contributed by atoms with E-state index in [-0.39, 0.29) is 5.69 Å². The molecule has 0 aliphatic carbocycles. The van der Waals surface area contributed by atoms with E-state index >= 15 is 0 Å². The predicted octanol–water partition coefficient (Wildman–Crippen LogP) is 3.62. The number of anilines is 1. The van der Waals surface area contributed by atoms with Crippen LogP contribution in [0.2, 0.25) is 0 Å². The van der Waals surface area contributed by atoms with Gasteiger partial charge in [-0.2, -0.15) is 5.26 Å². The van der Waals surface area contributed by atoms with Gasteiger partial charge in [-0.1, -0.05) is 36.4 Å². The number of nitrogens with zero attached hydrogens (tertiary/aromatic N) is 2. The van der Waals surface area contributed by atoms with Gasteiger partial charge in [0.1, 0.15) is 5.82 Å². The molecule has 0 aliphatic heterocycles. The highest BCUT2D eigenvalue weighted by Crippen LogP contribution is 2.21. The van der Waals surface area contributed by atoms with Gasteiger partial charge in [-0.25, -0.2) is 4.39 Å². The van der Waals surface area contributed by atoms with Gasteiger partial charge in [0.05, 0.1) is 23.0 Å². The van der Waals surface area contributed by atoms with Crippen molar-refractivity contribution in [2.24, 2.45) is 0 Å². The van der Waals surface area contributed by atoms with E-state index in [2.05, 4.69) is 10.3 Å². The van der Waals surface area contributed by atoms with Gasteiger partial charge < -0.3 is 5.32 Å². The van der Waals surface area contributed by atoms with Crippen LogP contribution in [0.5, 0.6) is 0 Å². The fraction of sp³-hybridized carbons (Fsp3) is 0.0556. The molecule has 0 bridgehead atoms. The molecular formula is C18H12FN3O. The van der Waals surface area contributed by atoms with E-state index in [9.17, 15) is 14.4 Å². The molecule has 0 unspecified atom stereocenters. The Bertz CT molecular complexity index is 917. The number of aromatic nitrogens is 1. The molecule has 1 atom stereocenters. The van der Waals surface area contributed by atoms with Gasteiger partial charge >= 0.3 is 0 Å². The zero-order valence-corrected chi connectivity index (χ0v) is 12.0. The Hall–Kier alpha value is -3.26. The van der Waals surface area contributed by atoms with Gasteiger partial charge in [-0.3, -0.25) is 9.78 Å². The third-order valence-corrected chi connectivity index (χ3v) is 3.44. The summed E-state index contributed by atoms with van der Waals surface area (Å²) in [6.45, 7) is 0. The van der Waals surface area contributed by atoms with Gasteiger partial charge in [0, 0.05) is 5.39 Å². The van der Waals surface area contributed by atoms with E-state index in [1.807, 2.05) is 30.3 Å². The van der Waals surface area contributed by atoms with E-state index < -0.39 is 17.6 Å². The lowest BCUT2D eigenvalue weighted by atomic mass is 10.0. The first kappa shape index (κ1) is 14.7. The Labute approximate surface area is 132 Å². The number of fused-ring (bicyclic) bond motifs is 1. The van der Waals surface area contributed by atoms with Crippen molar-refractivity contribution in [1.82, 2.24) is 4.98 Å². The first-order valence-electron chi connectivity index (χ1n) is 7.00. The van der Waals surface area contributed by atoms with Crippen LogP contribution in [-0.2, 0) is 4.79 Å². The summed E-state index contributed by atoms with van der Waals surface area (Å²) < 4.78 is 13.6. The molecule has 1 N–H and O–H groups in total. The monoisotopic (exact) mass is 305 g/mol. The van der Waals surface area contributed by atoms with E-state index in [1.54, 1.807) is 18.2 Å². The second kappa shape index (κ2) is 6.24.